The lowest BCUT2D eigenvalue weighted by Gasteiger charge is -2.30. The molecule has 0 N–H and O–H groups in total. The van der Waals surface area contributed by atoms with Crippen LogP contribution in [0.5, 0.6) is 0 Å². The van der Waals surface area contributed by atoms with Crippen LogP contribution in [-0.2, 0) is 10.8 Å². The molecule has 0 aliphatic rings. The normalized spacial score (nSPS) is 12.0. The Hall–Kier alpha value is -4.70. The van der Waals surface area contributed by atoms with Crippen LogP contribution in [0.25, 0.3) is 56.1 Å². The summed E-state index contributed by atoms with van der Waals surface area (Å²) in [5.74, 6) is 0. The minimum atomic E-state index is -0.0248. The molecule has 0 spiro atoms. The van der Waals surface area contributed by atoms with Crippen LogP contribution in [0.3, 0.4) is 0 Å². The van der Waals surface area contributed by atoms with E-state index < -0.39 is 0 Å². The number of fused-ring (bicyclic) bond motifs is 1. The predicted molar refractivity (Wildman–Crippen MR) is 174 cm³/mol. The highest BCUT2D eigenvalue weighted by Crippen LogP contribution is 2.39. The van der Waals surface area contributed by atoms with E-state index in [4.69, 9.17) is 9.97 Å². The Bertz CT molecular complexity index is 1710. The average molecular weight is 549 g/mol. The highest BCUT2D eigenvalue weighted by molar-refractivity contribution is 5.88. The molecule has 0 aliphatic heterocycles. The lowest BCUT2D eigenvalue weighted by Crippen LogP contribution is -2.22. The lowest BCUT2D eigenvalue weighted by atomic mass is 9.75. The van der Waals surface area contributed by atoms with Crippen molar-refractivity contribution in [3.63, 3.8) is 0 Å². The van der Waals surface area contributed by atoms with Crippen molar-refractivity contribution in [1.82, 2.24) is 19.9 Å². The molecular weight excluding hydrogens is 512 g/mol. The monoisotopic (exact) mass is 548 g/mol. The third kappa shape index (κ3) is 5.45. The van der Waals surface area contributed by atoms with Crippen LogP contribution in [0.4, 0.5) is 0 Å². The van der Waals surface area contributed by atoms with Gasteiger partial charge >= 0.3 is 0 Å². The Kier molecular flexibility index (Phi) is 6.94. The van der Waals surface area contributed by atoms with E-state index >= 15 is 0 Å². The number of pyridine rings is 2. The molecule has 0 unspecified atom stereocenters. The average Bonchev–Trinajstić information content (AvgIpc) is 3.00. The van der Waals surface area contributed by atoms with Gasteiger partial charge in [-0.05, 0) is 58.4 Å². The van der Waals surface area contributed by atoms with Crippen molar-refractivity contribution in [1.29, 1.82) is 0 Å². The second-order valence-electron chi connectivity index (χ2n) is 12.9. The van der Waals surface area contributed by atoms with Crippen molar-refractivity contribution in [2.75, 3.05) is 0 Å². The molecule has 4 heteroatoms. The third-order valence-corrected chi connectivity index (χ3v) is 7.66. The molecule has 6 rings (SSSR count). The number of rotatable bonds is 4. The van der Waals surface area contributed by atoms with E-state index in [1.807, 2.05) is 48.8 Å². The second kappa shape index (κ2) is 10.6. The van der Waals surface area contributed by atoms with Crippen molar-refractivity contribution < 1.29 is 0 Å². The maximum absolute atomic E-state index is 5.31. The summed E-state index contributed by atoms with van der Waals surface area (Å²) in [4.78, 5) is 19.7. The molecule has 6 aromatic rings. The first-order valence-electron chi connectivity index (χ1n) is 14.5. The Morgan fingerprint density at radius 3 is 1.10 bits per heavy atom. The Labute approximate surface area is 248 Å². The summed E-state index contributed by atoms with van der Waals surface area (Å²) in [6.45, 7) is 13.6. The Balaban J connectivity index is 1.55. The Morgan fingerprint density at radius 1 is 0.429 bits per heavy atom. The highest BCUT2D eigenvalue weighted by atomic mass is 14.8. The van der Waals surface area contributed by atoms with Gasteiger partial charge in [0.25, 0.3) is 0 Å². The van der Waals surface area contributed by atoms with Gasteiger partial charge in [-0.3, -0.25) is 9.97 Å². The lowest BCUT2D eigenvalue weighted by molar-refractivity contribution is 0.531. The van der Waals surface area contributed by atoms with Gasteiger partial charge in [0.2, 0.25) is 0 Å². The van der Waals surface area contributed by atoms with E-state index in [1.165, 1.54) is 11.1 Å². The van der Waals surface area contributed by atoms with E-state index in [0.717, 1.165) is 56.1 Å². The van der Waals surface area contributed by atoms with Gasteiger partial charge in [-0.25, -0.2) is 9.97 Å². The molecule has 0 amide bonds. The standard InChI is InChI=1S/C38H36N4/c1-37(2,3)29-23-33-34(24-30(29)38(4,5)6)42-36(28-19-15-26(16-20-28)32-12-8-10-22-40-32)35(41-33)27-17-13-25(14-18-27)31-11-7-9-21-39-31/h7-24H,1-6H3. The summed E-state index contributed by atoms with van der Waals surface area (Å²) >= 11 is 0. The zero-order valence-corrected chi connectivity index (χ0v) is 25.2. The smallest absolute Gasteiger partial charge is 0.0973 e. The van der Waals surface area contributed by atoms with Crippen LogP contribution in [-0.4, -0.2) is 19.9 Å². The number of nitrogens with zero attached hydrogens (tertiary/aromatic N) is 4. The van der Waals surface area contributed by atoms with Gasteiger partial charge in [-0.2, -0.15) is 0 Å². The fraction of sp³-hybridized carbons (Fsp3) is 0.211. The van der Waals surface area contributed by atoms with Crippen LogP contribution in [0.15, 0.2) is 109 Å². The molecule has 0 saturated carbocycles. The zero-order valence-electron chi connectivity index (χ0n) is 25.2. The molecule has 3 heterocycles. The largest absolute Gasteiger partial charge is 0.256 e. The molecule has 0 saturated heterocycles. The maximum Gasteiger partial charge on any atom is 0.0973 e. The topological polar surface area (TPSA) is 51.6 Å². The van der Waals surface area contributed by atoms with Gasteiger partial charge in [0, 0.05) is 34.6 Å². The molecule has 0 bridgehead atoms. The first-order valence-corrected chi connectivity index (χ1v) is 14.5. The third-order valence-electron chi connectivity index (χ3n) is 7.66. The summed E-state index contributed by atoms with van der Waals surface area (Å²) in [6, 6.07) is 33.4. The van der Waals surface area contributed by atoms with Crippen LogP contribution < -0.4 is 0 Å². The number of hydrogen-bond acceptors (Lipinski definition) is 4. The molecule has 208 valence electrons. The van der Waals surface area contributed by atoms with Gasteiger partial charge in [0.05, 0.1) is 33.8 Å². The molecule has 4 nitrogen and oxygen atoms in total. The van der Waals surface area contributed by atoms with Gasteiger partial charge < -0.3 is 0 Å². The van der Waals surface area contributed by atoms with Crippen molar-refractivity contribution in [2.45, 2.75) is 52.4 Å². The van der Waals surface area contributed by atoms with E-state index in [0.29, 0.717) is 0 Å². The van der Waals surface area contributed by atoms with Crippen LogP contribution in [0.2, 0.25) is 0 Å². The summed E-state index contributed by atoms with van der Waals surface area (Å²) in [7, 11) is 0. The molecule has 3 aromatic heterocycles. The van der Waals surface area contributed by atoms with Gasteiger partial charge in [-0.15, -0.1) is 0 Å². The van der Waals surface area contributed by atoms with Gasteiger partial charge in [0.15, 0.2) is 0 Å². The fourth-order valence-corrected chi connectivity index (χ4v) is 5.41. The van der Waals surface area contributed by atoms with Crippen LogP contribution >= 0.6 is 0 Å². The highest BCUT2D eigenvalue weighted by Gasteiger charge is 2.27. The summed E-state index contributed by atoms with van der Waals surface area (Å²) in [5.41, 5.74) is 12.2. The minimum absolute atomic E-state index is 0.0248. The van der Waals surface area contributed by atoms with Crippen molar-refractivity contribution in [3.8, 4) is 45.0 Å². The fourth-order valence-electron chi connectivity index (χ4n) is 5.41. The van der Waals surface area contributed by atoms with E-state index in [-0.39, 0.29) is 10.8 Å². The van der Waals surface area contributed by atoms with Crippen molar-refractivity contribution >= 4 is 11.0 Å². The maximum atomic E-state index is 5.31. The molecule has 0 radical (unpaired) electrons. The molecular formula is C38H36N4. The molecule has 0 fully saturated rings. The summed E-state index contributed by atoms with van der Waals surface area (Å²) < 4.78 is 0. The number of aromatic nitrogens is 4. The predicted octanol–water partition coefficient (Wildman–Crippen LogP) is 9.68. The summed E-state index contributed by atoms with van der Waals surface area (Å²) in [6.07, 6.45) is 3.65. The second-order valence-corrected chi connectivity index (χ2v) is 12.9. The van der Waals surface area contributed by atoms with Gasteiger partial charge in [-0.1, -0.05) is 102 Å². The zero-order chi connectivity index (χ0) is 29.5. The SMILES string of the molecule is CC(C)(C)c1cc2nc(-c3ccc(-c4ccccn4)cc3)c(-c3ccc(-c4ccccn4)cc3)nc2cc1C(C)(C)C. The molecule has 0 aliphatic carbocycles. The molecule has 3 aromatic carbocycles. The number of benzene rings is 3. The quantitative estimate of drug-likeness (QED) is 0.220. The van der Waals surface area contributed by atoms with E-state index in [1.54, 1.807) is 0 Å². The summed E-state index contributed by atoms with van der Waals surface area (Å²) in [5, 5.41) is 0. The minimum Gasteiger partial charge on any atom is -0.256 e. The van der Waals surface area contributed by atoms with Crippen molar-refractivity contribution in [2.24, 2.45) is 0 Å². The van der Waals surface area contributed by atoms with Crippen LogP contribution in [0, 0.1) is 0 Å². The van der Waals surface area contributed by atoms with Gasteiger partial charge in [0.1, 0.15) is 0 Å². The van der Waals surface area contributed by atoms with E-state index in [2.05, 4.69) is 112 Å². The molecule has 0 atom stereocenters. The first kappa shape index (κ1) is 27.5. The van der Waals surface area contributed by atoms with Crippen LogP contribution in [0.1, 0.15) is 52.7 Å². The van der Waals surface area contributed by atoms with Crippen molar-refractivity contribution in [3.05, 3.63) is 121 Å². The molecule has 42 heavy (non-hydrogen) atoms. The first-order chi connectivity index (χ1) is 20.1. The Morgan fingerprint density at radius 2 is 0.786 bits per heavy atom. The van der Waals surface area contributed by atoms with E-state index in [9.17, 15) is 0 Å². The number of hydrogen-bond donors (Lipinski definition) is 0.